The molecule has 1 aromatic heterocycles. The van der Waals surface area contributed by atoms with Gasteiger partial charge in [-0.3, -0.25) is 24.5 Å². The number of unbranched alkanes of at least 4 members (excludes halogenated alkanes) is 1. The fraction of sp³-hybridized carbons (Fsp3) is 0.250. The molecule has 1 atom stereocenters. The third-order valence-corrected chi connectivity index (χ3v) is 5.91. The number of carbonyl (C=O) groups is 4. The van der Waals surface area contributed by atoms with Gasteiger partial charge in [-0.2, -0.15) is 0 Å². The molecule has 2 aromatic carbocycles. The summed E-state index contributed by atoms with van der Waals surface area (Å²) in [6.45, 7) is 0. The number of amides is 3. The van der Waals surface area contributed by atoms with E-state index in [0.717, 1.165) is 34.2 Å². The van der Waals surface area contributed by atoms with E-state index in [9.17, 15) is 24.3 Å². The predicted octanol–water partition coefficient (Wildman–Crippen LogP) is 2.68. The molecule has 0 radical (unpaired) electrons. The summed E-state index contributed by atoms with van der Waals surface area (Å²) in [6.07, 6.45) is 4.09. The minimum Gasteiger partial charge on any atom is -0.480 e. The topological polar surface area (TPSA) is 140 Å². The quantitative estimate of drug-likeness (QED) is 0.171. The lowest BCUT2D eigenvalue weighted by Gasteiger charge is -2.22. The number of imide groups is 1. The Bertz CT molecular complexity index is 1210. The van der Waals surface area contributed by atoms with Crippen LogP contribution in [0.25, 0.3) is 10.9 Å². The van der Waals surface area contributed by atoms with Crippen molar-refractivity contribution in [1.29, 1.82) is 0 Å². The fourth-order valence-corrected chi connectivity index (χ4v) is 4.22. The molecule has 33 heavy (non-hydrogen) atoms. The third-order valence-electron chi connectivity index (χ3n) is 5.91. The number of nitrogens with zero attached hydrogens (tertiary/aromatic N) is 1. The fourth-order valence-electron chi connectivity index (χ4n) is 4.22. The number of aryl methyl sites for hydroxylation is 1. The van der Waals surface area contributed by atoms with E-state index in [1.807, 2.05) is 18.2 Å². The molecule has 4 rings (SSSR count). The first-order valence-electron chi connectivity index (χ1n) is 10.6. The highest BCUT2D eigenvalue weighted by Crippen LogP contribution is 2.28. The maximum absolute atomic E-state index is 12.8. The minimum absolute atomic E-state index is 0.0174. The SMILES string of the molecule is O=C(CCCCc1ccc2c(CC(C(=O)O)N3C(=O)c4ccccc4C3=O)c[nH]c2c1)NO. The number of H-pyrrole nitrogens is 1. The highest BCUT2D eigenvalue weighted by molar-refractivity contribution is 6.22. The van der Waals surface area contributed by atoms with Gasteiger partial charge < -0.3 is 10.1 Å². The molecule has 9 nitrogen and oxygen atoms in total. The van der Waals surface area contributed by atoms with Crippen LogP contribution < -0.4 is 5.48 Å². The van der Waals surface area contributed by atoms with Gasteiger partial charge >= 0.3 is 5.97 Å². The van der Waals surface area contributed by atoms with Crippen molar-refractivity contribution in [2.45, 2.75) is 38.1 Å². The van der Waals surface area contributed by atoms with Crippen molar-refractivity contribution in [2.24, 2.45) is 0 Å². The monoisotopic (exact) mass is 449 g/mol. The number of hydrogen-bond donors (Lipinski definition) is 4. The van der Waals surface area contributed by atoms with Crippen LogP contribution in [0.1, 0.15) is 51.1 Å². The van der Waals surface area contributed by atoms with Crippen LogP contribution in [-0.2, 0) is 22.4 Å². The molecule has 0 fully saturated rings. The molecule has 170 valence electrons. The standard InChI is InChI=1S/C24H23N3O6/c28-21(26-33)8-4-1-5-14-9-10-16-15(13-25-19(16)11-14)12-20(24(31)32)27-22(29)17-6-2-3-7-18(17)23(27)30/h2-3,6-7,9-11,13,20,25,33H,1,4-5,8,12H2,(H,26,28)(H,31,32). The molecule has 0 bridgehead atoms. The average Bonchev–Trinajstić information content (AvgIpc) is 3.33. The van der Waals surface area contributed by atoms with E-state index in [0.29, 0.717) is 12.0 Å². The number of carboxylic acid groups (broad SMARTS) is 1. The Morgan fingerprint density at radius 1 is 1.03 bits per heavy atom. The number of carbonyl (C=O) groups excluding carboxylic acids is 3. The van der Waals surface area contributed by atoms with Crippen molar-refractivity contribution in [3.63, 3.8) is 0 Å². The van der Waals surface area contributed by atoms with Gasteiger partial charge in [0, 0.05) is 29.9 Å². The van der Waals surface area contributed by atoms with E-state index in [2.05, 4.69) is 4.98 Å². The number of rotatable bonds is 9. The maximum atomic E-state index is 12.8. The van der Waals surface area contributed by atoms with Gasteiger partial charge in [0.05, 0.1) is 11.1 Å². The summed E-state index contributed by atoms with van der Waals surface area (Å²) in [5, 5.41) is 19.2. The molecule has 3 amide bonds. The highest BCUT2D eigenvalue weighted by Gasteiger charge is 2.42. The summed E-state index contributed by atoms with van der Waals surface area (Å²) in [5.74, 6) is -2.85. The van der Waals surface area contributed by atoms with Crippen molar-refractivity contribution < 1.29 is 29.5 Å². The Hall–Kier alpha value is -3.98. The summed E-state index contributed by atoms with van der Waals surface area (Å²) < 4.78 is 0. The van der Waals surface area contributed by atoms with E-state index in [1.165, 1.54) is 12.1 Å². The first-order valence-corrected chi connectivity index (χ1v) is 10.6. The predicted molar refractivity (Wildman–Crippen MR) is 118 cm³/mol. The summed E-state index contributed by atoms with van der Waals surface area (Å²) in [7, 11) is 0. The van der Waals surface area contributed by atoms with Crippen LogP contribution in [0.3, 0.4) is 0 Å². The largest absolute Gasteiger partial charge is 0.480 e. The van der Waals surface area contributed by atoms with Crippen LogP contribution in [-0.4, -0.2) is 49.9 Å². The number of aromatic nitrogens is 1. The van der Waals surface area contributed by atoms with Gasteiger partial charge in [-0.05, 0) is 48.6 Å². The molecular formula is C24H23N3O6. The smallest absolute Gasteiger partial charge is 0.327 e. The maximum Gasteiger partial charge on any atom is 0.327 e. The van der Waals surface area contributed by atoms with Gasteiger partial charge in [-0.1, -0.05) is 24.3 Å². The van der Waals surface area contributed by atoms with Crippen molar-refractivity contribution in [1.82, 2.24) is 15.4 Å². The lowest BCUT2D eigenvalue weighted by molar-refractivity contribution is -0.141. The normalized spacial score (nSPS) is 13.9. The number of carboxylic acids is 1. The zero-order chi connectivity index (χ0) is 23.5. The number of fused-ring (bicyclic) bond motifs is 2. The average molecular weight is 449 g/mol. The first-order chi connectivity index (χ1) is 15.9. The Labute approximate surface area is 189 Å². The van der Waals surface area contributed by atoms with Crippen LogP contribution in [0, 0.1) is 0 Å². The zero-order valence-corrected chi connectivity index (χ0v) is 17.7. The molecule has 4 N–H and O–H groups in total. The second-order valence-corrected chi connectivity index (χ2v) is 8.02. The molecule has 9 heteroatoms. The molecule has 1 unspecified atom stereocenters. The lowest BCUT2D eigenvalue weighted by atomic mass is 10.0. The number of hydroxylamine groups is 1. The number of nitrogens with one attached hydrogen (secondary N) is 2. The zero-order valence-electron chi connectivity index (χ0n) is 17.7. The van der Waals surface area contributed by atoms with Crippen LogP contribution in [0.5, 0.6) is 0 Å². The summed E-state index contributed by atoms with van der Waals surface area (Å²) in [5.41, 5.74) is 4.61. The summed E-state index contributed by atoms with van der Waals surface area (Å²) in [4.78, 5) is 52.7. The molecule has 1 aliphatic rings. The van der Waals surface area contributed by atoms with Crippen molar-refractivity contribution >= 4 is 34.6 Å². The van der Waals surface area contributed by atoms with E-state index in [1.54, 1.807) is 23.8 Å². The van der Waals surface area contributed by atoms with E-state index in [4.69, 9.17) is 5.21 Å². The number of aromatic amines is 1. The van der Waals surface area contributed by atoms with E-state index < -0.39 is 29.7 Å². The summed E-state index contributed by atoms with van der Waals surface area (Å²) >= 11 is 0. The van der Waals surface area contributed by atoms with Gasteiger partial charge in [0.1, 0.15) is 6.04 Å². The van der Waals surface area contributed by atoms with Crippen molar-refractivity contribution in [2.75, 3.05) is 0 Å². The lowest BCUT2D eigenvalue weighted by Crippen LogP contribution is -2.46. The molecule has 0 saturated heterocycles. The van der Waals surface area contributed by atoms with Crippen molar-refractivity contribution in [3.05, 3.63) is 70.9 Å². The molecule has 3 aromatic rings. The number of hydrogen-bond acceptors (Lipinski definition) is 5. The molecule has 0 aliphatic carbocycles. The Kier molecular flexibility index (Phi) is 6.23. The van der Waals surface area contributed by atoms with Gasteiger partial charge in [0.2, 0.25) is 5.91 Å². The third kappa shape index (κ3) is 4.35. The van der Waals surface area contributed by atoms with Crippen LogP contribution in [0.2, 0.25) is 0 Å². The summed E-state index contributed by atoms with van der Waals surface area (Å²) in [6, 6.07) is 10.8. The minimum atomic E-state index is -1.33. The van der Waals surface area contributed by atoms with Gasteiger partial charge in [0.15, 0.2) is 0 Å². The Morgan fingerprint density at radius 2 is 1.73 bits per heavy atom. The number of aliphatic carboxylic acids is 1. The Morgan fingerprint density at radius 3 is 2.36 bits per heavy atom. The van der Waals surface area contributed by atoms with Gasteiger partial charge in [-0.25, -0.2) is 10.3 Å². The van der Waals surface area contributed by atoms with Gasteiger partial charge in [-0.15, -0.1) is 0 Å². The first kappa shape index (κ1) is 22.2. The number of benzene rings is 2. The van der Waals surface area contributed by atoms with Crippen LogP contribution in [0.15, 0.2) is 48.7 Å². The van der Waals surface area contributed by atoms with Crippen molar-refractivity contribution in [3.8, 4) is 0 Å². The molecule has 1 aliphatic heterocycles. The Balaban J connectivity index is 1.50. The van der Waals surface area contributed by atoms with E-state index >= 15 is 0 Å². The van der Waals surface area contributed by atoms with E-state index in [-0.39, 0.29) is 24.0 Å². The molecule has 0 spiro atoms. The molecular weight excluding hydrogens is 426 g/mol. The van der Waals surface area contributed by atoms with Crippen LogP contribution in [0.4, 0.5) is 0 Å². The molecule has 0 saturated carbocycles. The second kappa shape index (κ2) is 9.25. The second-order valence-electron chi connectivity index (χ2n) is 8.02. The highest BCUT2D eigenvalue weighted by atomic mass is 16.5. The van der Waals surface area contributed by atoms with Gasteiger partial charge in [0.25, 0.3) is 11.8 Å². The van der Waals surface area contributed by atoms with Crippen LogP contribution >= 0.6 is 0 Å². The molecule has 2 heterocycles.